The second-order valence-corrected chi connectivity index (χ2v) is 6.35. The maximum Gasteiger partial charge on any atom is 0.416 e. The van der Waals surface area contributed by atoms with Crippen molar-refractivity contribution < 1.29 is 21.6 Å². The van der Waals surface area contributed by atoms with Crippen LogP contribution in [0.2, 0.25) is 0 Å². The molecule has 0 aliphatic rings. The normalized spacial score (nSPS) is 13.0. The second-order valence-electron chi connectivity index (χ2n) is 4.04. The van der Waals surface area contributed by atoms with Crippen molar-refractivity contribution in [2.75, 3.05) is 19.8 Å². The van der Waals surface area contributed by atoms with Gasteiger partial charge in [0.2, 0.25) is 10.0 Å². The molecular weight excluding hydrogens is 267 g/mol. The van der Waals surface area contributed by atoms with Crippen molar-refractivity contribution >= 4 is 10.0 Å². The summed E-state index contributed by atoms with van der Waals surface area (Å²) in [6.07, 6.45) is -4.17. The van der Waals surface area contributed by atoms with Crippen LogP contribution in [0.15, 0.2) is 24.3 Å². The number of alkyl halides is 3. The Hall–Kier alpha value is -1.08. The first kappa shape index (κ1) is 15.0. The summed E-state index contributed by atoms with van der Waals surface area (Å²) in [5, 5.41) is 0. The van der Waals surface area contributed by atoms with E-state index in [0.29, 0.717) is 5.56 Å². The van der Waals surface area contributed by atoms with E-state index < -0.39 is 21.8 Å². The highest BCUT2D eigenvalue weighted by atomic mass is 32.2. The molecule has 1 rings (SSSR count). The van der Waals surface area contributed by atoms with Crippen LogP contribution < -0.4 is 0 Å². The third-order valence-corrected chi connectivity index (χ3v) is 4.32. The molecule has 1 aromatic rings. The number of hydrogen-bond donors (Lipinski definition) is 0. The van der Waals surface area contributed by atoms with Crippen molar-refractivity contribution in [3.8, 4) is 0 Å². The Balaban J connectivity index is 2.72. The Morgan fingerprint density at radius 3 is 2.00 bits per heavy atom. The van der Waals surface area contributed by atoms with E-state index in [4.69, 9.17) is 0 Å². The van der Waals surface area contributed by atoms with Crippen LogP contribution in [-0.4, -0.2) is 32.6 Å². The largest absolute Gasteiger partial charge is 0.416 e. The van der Waals surface area contributed by atoms with Crippen LogP contribution in [0.4, 0.5) is 13.2 Å². The smallest absolute Gasteiger partial charge is 0.212 e. The predicted molar refractivity (Wildman–Crippen MR) is 62.6 cm³/mol. The molecule has 1 aromatic carbocycles. The number of halogens is 3. The molecule has 0 aliphatic heterocycles. The number of hydrogen-bond acceptors (Lipinski definition) is 2. The number of benzene rings is 1. The molecule has 0 heterocycles. The summed E-state index contributed by atoms with van der Waals surface area (Å²) in [4.78, 5) is 0. The lowest BCUT2D eigenvalue weighted by Gasteiger charge is -2.11. The minimum Gasteiger partial charge on any atom is -0.212 e. The lowest BCUT2D eigenvalue weighted by molar-refractivity contribution is -0.137. The summed E-state index contributed by atoms with van der Waals surface area (Å²) in [5.74, 6) is -0.120. The van der Waals surface area contributed by atoms with E-state index in [1.165, 1.54) is 26.2 Å². The minimum absolute atomic E-state index is 0.120. The van der Waals surface area contributed by atoms with Gasteiger partial charge in [0.1, 0.15) is 0 Å². The van der Waals surface area contributed by atoms with Gasteiger partial charge in [-0.05, 0) is 24.1 Å². The van der Waals surface area contributed by atoms with Crippen LogP contribution in [0.1, 0.15) is 11.1 Å². The zero-order chi connectivity index (χ0) is 14.0. The van der Waals surface area contributed by atoms with Crippen molar-refractivity contribution in [3.05, 3.63) is 35.4 Å². The first-order valence-corrected chi connectivity index (χ1v) is 6.80. The van der Waals surface area contributed by atoms with Crippen LogP contribution in [0.3, 0.4) is 0 Å². The molecule has 0 saturated carbocycles. The molecular formula is C11H14F3NO2S. The fraction of sp³-hybridized carbons (Fsp3) is 0.455. The van der Waals surface area contributed by atoms with Gasteiger partial charge >= 0.3 is 6.18 Å². The van der Waals surface area contributed by atoms with Gasteiger partial charge in [0.25, 0.3) is 0 Å². The topological polar surface area (TPSA) is 37.4 Å². The first-order valence-electron chi connectivity index (χ1n) is 5.19. The molecule has 0 bridgehead atoms. The van der Waals surface area contributed by atoms with Gasteiger partial charge in [0.05, 0.1) is 11.3 Å². The van der Waals surface area contributed by atoms with Gasteiger partial charge in [-0.15, -0.1) is 0 Å². The quantitative estimate of drug-likeness (QED) is 0.848. The molecule has 0 radical (unpaired) electrons. The van der Waals surface area contributed by atoms with Crippen LogP contribution >= 0.6 is 0 Å². The Kier molecular flexibility index (Phi) is 4.39. The first-order chi connectivity index (χ1) is 8.13. The van der Waals surface area contributed by atoms with E-state index in [1.807, 2.05) is 0 Å². The van der Waals surface area contributed by atoms with Gasteiger partial charge < -0.3 is 0 Å². The lowest BCUT2D eigenvalue weighted by atomic mass is 10.1. The van der Waals surface area contributed by atoms with Crippen molar-refractivity contribution in [2.24, 2.45) is 0 Å². The predicted octanol–water partition coefficient (Wildman–Crippen LogP) is 2.14. The van der Waals surface area contributed by atoms with Gasteiger partial charge in [-0.25, -0.2) is 12.7 Å². The Bertz CT molecular complexity index is 492. The van der Waals surface area contributed by atoms with Crippen molar-refractivity contribution in [2.45, 2.75) is 12.6 Å². The molecule has 0 N–H and O–H groups in total. The Morgan fingerprint density at radius 2 is 1.61 bits per heavy atom. The van der Waals surface area contributed by atoms with Crippen molar-refractivity contribution in [1.29, 1.82) is 0 Å². The fourth-order valence-corrected chi connectivity index (χ4v) is 2.15. The summed E-state index contributed by atoms with van der Waals surface area (Å²) in [5.41, 5.74) is -0.171. The van der Waals surface area contributed by atoms with E-state index >= 15 is 0 Å². The molecule has 3 nitrogen and oxygen atoms in total. The minimum atomic E-state index is -4.37. The highest BCUT2D eigenvalue weighted by Crippen LogP contribution is 2.29. The van der Waals surface area contributed by atoms with Gasteiger partial charge in [-0.3, -0.25) is 0 Å². The summed E-state index contributed by atoms with van der Waals surface area (Å²) in [7, 11) is -0.486. The average molecular weight is 281 g/mol. The third-order valence-electron chi connectivity index (χ3n) is 2.49. The molecule has 0 spiro atoms. The monoisotopic (exact) mass is 281 g/mol. The van der Waals surface area contributed by atoms with Crippen LogP contribution in [-0.2, 0) is 22.6 Å². The van der Waals surface area contributed by atoms with Crippen LogP contribution in [0, 0.1) is 0 Å². The van der Waals surface area contributed by atoms with Crippen LogP contribution in [0.25, 0.3) is 0 Å². The van der Waals surface area contributed by atoms with E-state index in [1.54, 1.807) is 0 Å². The van der Waals surface area contributed by atoms with Crippen molar-refractivity contribution in [1.82, 2.24) is 4.31 Å². The molecule has 0 unspecified atom stereocenters. The van der Waals surface area contributed by atoms with E-state index in [9.17, 15) is 21.6 Å². The summed E-state index contributed by atoms with van der Waals surface area (Å²) >= 11 is 0. The highest BCUT2D eigenvalue weighted by molar-refractivity contribution is 7.89. The zero-order valence-corrected chi connectivity index (χ0v) is 10.8. The van der Waals surface area contributed by atoms with Gasteiger partial charge in [0.15, 0.2) is 0 Å². The Morgan fingerprint density at radius 1 is 1.11 bits per heavy atom. The molecule has 0 aromatic heterocycles. The van der Waals surface area contributed by atoms with E-state index in [-0.39, 0.29) is 12.2 Å². The number of aryl methyl sites for hydroxylation is 1. The average Bonchev–Trinajstić information content (AvgIpc) is 2.25. The second kappa shape index (κ2) is 5.27. The van der Waals surface area contributed by atoms with Crippen molar-refractivity contribution in [3.63, 3.8) is 0 Å². The summed E-state index contributed by atoms with van der Waals surface area (Å²) < 4.78 is 60.9. The molecule has 7 heteroatoms. The fourth-order valence-electron chi connectivity index (χ4n) is 1.29. The molecule has 0 atom stereocenters. The molecule has 0 aliphatic carbocycles. The molecule has 0 amide bonds. The van der Waals surface area contributed by atoms with Crippen LogP contribution in [0.5, 0.6) is 0 Å². The van der Waals surface area contributed by atoms with Gasteiger partial charge in [-0.1, -0.05) is 12.1 Å². The Labute approximate surface area is 104 Å². The molecule has 102 valence electrons. The molecule has 0 saturated heterocycles. The number of nitrogens with zero attached hydrogens (tertiary/aromatic N) is 1. The number of rotatable bonds is 4. The van der Waals surface area contributed by atoms with E-state index in [2.05, 4.69) is 0 Å². The molecule has 0 fully saturated rings. The maximum absolute atomic E-state index is 12.3. The summed E-state index contributed by atoms with van der Waals surface area (Å²) in [6, 6.07) is 4.51. The SMILES string of the molecule is CN(C)S(=O)(=O)CCc1ccc(C(F)(F)F)cc1. The van der Waals surface area contributed by atoms with E-state index in [0.717, 1.165) is 16.4 Å². The maximum atomic E-state index is 12.3. The zero-order valence-electron chi connectivity index (χ0n) is 10.0. The summed E-state index contributed by atoms with van der Waals surface area (Å²) in [6.45, 7) is 0. The number of sulfonamides is 1. The molecule has 18 heavy (non-hydrogen) atoms. The van der Waals surface area contributed by atoms with Gasteiger partial charge in [0, 0.05) is 14.1 Å². The third kappa shape index (κ3) is 3.99. The van der Waals surface area contributed by atoms with Gasteiger partial charge in [-0.2, -0.15) is 13.2 Å². The standard InChI is InChI=1S/C11H14F3NO2S/c1-15(2)18(16,17)8-7-9-3-5-10(6-4-9)11(12,13)14/h3-6H,7-8H2,1-2H3. The lowest BCUT2D eigenvalue weighted by Crippen LogP contribution is -2.26. The highest BCUT2D eigenvalue weighted by Gasteiger charge is 2.29.